The second-order valence-corrected chi connectivity index (χ2v) is 15.6. The maximum absolute atomic E-state index is 13.0. The number of aryl methyl sites for hydroxylation is 8. The third-order valence-electron chi connectivity index (χ3n) is 11.9. The summed E-state index contributed by atoms with van der Waals surface area (Å²) in [6, 6.07) is 22.8. The third-order valence-corrected chi connectivity index (χ3v) is 11.9. The first-order valence-corrected chi connectivity index (χ1v) is 18.7. The first-order chi connectivity index (χ1) is 26.4. The van der Waals surface area contributed by atoms with Crippen LogP contribution in [0.4, 0.5) is 0 Å². The summed E-state index contributed by atoms with van der Waals surface area (Å²) in [6.07, 6.45) is 0. The summed E-state index contributed by atoms with van der Waals surface area (Å²) in [5.74, 6) is -0.780. The zero-order valence-electron chi connectivity index (χ0n) is 34.1. The molecule has 0 aliphatic carbocycles. The van der Waals surface area contributed by atoms with Gasteiger partial charge in [-0.25, -0.2) is 0 Å². The van der Waals surface area contributed by atoms with Gasteiger partial charge < -0.3 is 35.4 Å². The molecule has 0 saturated heterocycles. The summed E-state index contributed by atoms with van der Waals surface area (Å²) in [7, 11) is 1.45. The Balaban J connectivity index is 2.24. The van der Waals surface area contributed by atoms with E-state index in [0.717, 1.165) is 22.3 Å². The van der Waals surface area contributed by atoms with E-state index in [4.69, 9.17) is 4.74 Å². The Morgan fingerprint density at radius 2 is 0.875 bits per heavy atom. The normalized spacial score (nSPS) is 11.9. The van der Waals surface area contributed by atoms with Crippen molar-refractivity contribution in [3.8, 4) is 40.2 Å². The molecule has 6 aromatic carbocycles. The number of benzene rings is 6. The topological polar surface area (TPSA) is 131 Å². The van der Waals surface area contributed by atoms with Gasteiger partial charge >= 0.3 is 0 Å². The average molecular weight is 753 g/mol. The number of rotatable bonds is 8. The highest BCUT2D eigenvalue weighted by molar-refractivity contribution is 5.80. The largest absolute Gasteiger partial charge is 0.508 e. The minimum absolute atomic E-state index is 0.0943. The Hall–Kier alpha value is -6.08. The van der Waals surface area contributed by atoms with Gasteiger partial charge in [-0.3, -0.25) is 0 Å². The summed E-state index contributed by atoms with van der Waals surface area (Å²) in [6.45, 7) is 18.7. The zero-order valence-corrected chi connectivity index (χ0v) is 34.1. The fraction of sp³-hybridized carbons (Fsp3) is 0.265. The maximum Gasteiger partial charge on any atom is 0.162 e. The molecule has 6 N–H and O–H groups in total. The summed E-state index contributed by atoms with van der Waals surface area (Å²) in [5.41, 5.74) is 4.56. The predicted octanol–water partition coefficient (Wildman–Crippen LogP) is 10.4. The van der Waals surface area contributed by atoms with E-state index in [1.165, 1.54) is 7.11 Å². The van der Waals surface area contributed by atoms with Gasteiger partial charge in [-0.1, -0.05) is 48.5 Å². The average Bonchev–Trinajstić information content (AvgIpc) is 3.11. The number of hydrogen-bond donors (Lipinski definition) is 6. The van der Waals surface area contributed by atoms with Gasteiger partial charge in [-0.05, 0) is 161 Å². The van der Waals surface area contributed by atoms with Crippen molar-refractivity contribution in [2.24, 2.45) is 0 Å². The highest BCUT2D eigenvalue weighted by atomic mass is 16.5. The maximum atomic E-state index is 13.0. The van der Waals surface area contributed by atoms with Crippen LogP contribution in [0.2, 0.25) is 0 Å². The van der Waals surface area contributed by atoms with Gasteiger partial charge in [-0.2, -0.15) is 0 Å². The van der Waals surface area contributed by atoms with Gasteiger partial charge in [0.15, 0.2) is 11.5 Å². The van der Waals surface area contributed by atoms with Crippen LogP contribution in [0.5, 0.6) is 40.2 Å². The van der Waals surface area contributed by atoms with Gasteiger partial charge in [0.25, 0.3) is 0 Å². The van der Waals surface area contributed by atoms with Gasteiger partial charge in [0, 0.05) is 27.8 Å². The van der Waals surface area contributed by atoms with Crippen LogP contribution >= 0.6 is 0 Å². The standard InChI is InChI=1S/C49H52O7/c1-25-18-29(5)41(38(51)20-25)49(37-16-13-17-40(56-11)47(37)55,42-30(6)19-26(2)21-39(42)52)48(35-14-12-15-36(50)24-35,43-31(7)22-27(3)33(9)45(43)53)44-32(8)23-28(4)34(10)46(44)54/h12-24,50-55H,1-11H3. The molecule has 290 valence electrons. The number of phenols is 6. The number of phenolic OH excluding ortho intramolecular Hbond substituents is 6. The molecular weight excluding hydrogens is 701 g/mol. The lowest BCUT2D eigenvalue weighted by Gasteiger charge is -2.55. The Labute approximate surface area is 329 Å². The third kappa shape index (κ3) is 5.63. The molecule has 0 fully saturated rings. The highest BCUT2D eigenvalue weighted by Gasteiger charge is 2.64. The number of methoxy groups -OCH3 is 1. The zero-order chi connectivity index (χ0) is 41.2. The van der Waals surface area contributed by atoms with E-state index in [9.17, 15) is 30.6 Å². The van der Waals surface area contributed by atoms with Crippen LogP contribution in [0.3, 0.4) is 0 Å². The van der Waals surface area contributed by atoms with Gasteiger partial charge in [0.05, 0.1) is 17.9 Å². The predicted molar refractivity (Wildman–Crippen MR) is 222 cm³/mol. The quantitative estimate of drug-likeness (QED) is 0.0854. The smallest absolute Gasteiger partial charge is 0.162 e. The highest BCUT2D eigenvalue weighted by Crippen LogP contribution is 2.69. The molecule has 0 saturated carbocycles. The molecule has 0 atom stereocenters. The van der Waals surface area contributed by atoms with E-state index in [0.29, 0.717) is 50.1 Å². The van der Waals surface area contributed by atoms with Crippen LogP contribution in [-0.4, -0.2) is 37.7 Å². The van der Waals surface area contributed by atoms with Crippen molar-refractivity contribution >= 4 is 0 Å². The number of hydrogen-bond acceptors (Lipinski definition) is 7. The first-order valence-electron chi connectivity index (χ1n) is 18.7. The molecule has 7 heteroatoms. The lowest BCUT2D eigenvalue weighted by Crippen LogP contribution is -2.54. The van der Waals surface area contributed by atoms with Crippen LogP contribution < -0.4 is 4.74 Å². The summed E-state index contributed by atoms with van der Waals surface area (Å²) < 4.78 is 5.81. The number of ether oxygens (including phenoxy) is 1. The first kappa shape index (κ1) is 39.6. The van der Waals surface area contributed by atoms with Crippen molar-refractivity contribution in [3.63, 3.8) is 0 Å². The van der Waals surface area contributed by atoms with Gasteiger partial charge in [0.1, 0.15) is 28.7 Å². The molecule has 0 aromatic heterocycles. The molecule has 56 heavy (non-hydrogen) atoms. The Bertz CT molecular complexity index is 2380. The SMILES string of the molecule is COc1cccc(C(c2c(C)cc(C)cc2O)(c2c(C)cc(C)cc2O)C(c2cccc(O)c2)(c2c(C)cc(C)c(C)c2O)c2c(C)cc(C)c(C)c2O)c1O. The van der Waals surface area contributed by atoms with Gasteiger partial charge in [-0.15, -0.1) is 0 Å². The molecular formula is C49H52O7. The van der Waals surface area contributed by atoms with Crippen LogP contribution in [0, 0.1) is 69.2 Å². The second kappa shape index (κ2) is 14.2. The summed E-state index contributed by atoms with van der Waals surface area (Å²) in [4.78, 5) is 0. The van der Waals surface area contributed by atoms with Crippen LogP contribution in [0.15, 0.2) is 78.9 Å². The Morgan fingerprint density at radius 1 is 0.429 bits per heavy atom. The van der Waals surface area contributed by atoms with Crippen molar-refractivity contribution in [2.45, 2.75) is 80.1 Å². The minimum atomic E-state index is -2.00. The molecule has 0 unspecified atom stereocenters. The molecule has 7 nitrogen and oxygen atoms in total. The summed E-state index contributed by atoms with van der Waals surface area (Å²) >= 11 is 0. The molecule has 0 spiro atoms. The molecule has 0 aliphatic heterocycles. The van der Waals surface area contributed by atoms with Crippen molar-refractivity contribution in [1.82, 2.24) is 0 Å². The minimum Gasteiger partial charge on any atom is -0.508 e. The lowest BCUT2D eigenvalue weighted by atomic mass is 9.44. The van der Waals surface area contributed by atoms with Crippen LogP contribution in [0.25, 0.3) is 0 Å². The van der Waals surface area contributed by atoms with E-state index in [2.05, 4.69) is 0 Å². The van der Waals surface area contributed by atoms with E-state index >= 15 is 0 Å². The monoisotopic (exact) mass is 752 g/mol. The summed E-state index contributed by atoms with van der Waals surface area (Å²) in [5, 5.41) is 75.8. The Kier molecular flexibility index (Phi) is 10.0. The molecule has 0 heterocycles. The fourth-order valence-corrected chi connectivity index (χ4v) is 9.65. The molecule has 0 radical (unpaired) electrons. The van der Waals surface area contributed by atoms with E-state index < -0.39 is 10.8 Å². The van der Waals surface area contributed by atoms with Crippen LogP contribution in [-0.2, 0) is 10.8 Å². The molecule has 6 aromatic rings. The van der Waals surface area contributed by atoms with Crippen LogP contribution in [0.1, 0.15) is 89.0 Å². The lowest BCUT2D eigenvalue weighted by molar-refractivity contribution is 0.323. The Morgan fingerprint density at radius 3 is 1.30 bits per heavy atom. The van der Waals surface area contributed by atoms with E-state index in [1.54, 1.807) is 48.5 Å². The number of aromatic hydroxyl groups is 6. The molecule has 0 aliphatic rings. The molecule has 6 rings (SSSR count). The fourth-order valence-electron chi connectivity index (χ4n) is 9.65. The number of para-hydroxylation sites is 1. The van der Waals surface area contributed by atoms with Gasteiger partial charge in [0.2, 0.25) is 0 Å². The van der Waals surface area contributed by atoms with E-state index in [1.807, 2.05) is 99.6 Å². The second-order valence-electron chi connectivity index (χ2n) is 15.6. The molecule has 0 bridgehead atoms. The van der Waals surface area contributed by atoms with Crippen molar-refractivity contribution in [3.05, 3.63) is 168 Å². The van der Waals surface area contributed by atoms with Crippen molar-refractivity contribution in [1.29, 1.82) is 0 Å². The molecule has 0 amide bonds. The van der Waals surface area contributed by atoms with E-state index in [-0.39, 0.29) is 56.9 Å². The van der Waals surface area contributed by atoms with Crippen molar-refractivity contribution in [2.75, 3.05) is 7.11 Å². The van der Waals surface area contributed by atoms with Crippen molar-refractivity contribution < 1.29 is 35.4 Å².